The van der Waals surface area contributed by atoms with Crippen molar-refractivity contribution in [1.82, 2.24) is 0 Å². The van der Waals surface area contributed by atoms with Gasteiger partial charge in [-0.25, -0.2) is 0 Å². The number of aryl methyl sites for hydroxylation is 1. The number of ether oxygens (including phenoxy) is 2. The number of carbonyl (C=O) groups is 1. The Balaban J connectivity index is 2.16. The lowest BCUT2D eigenvalue weighted by atomic mass is 9.84. The summed E-state index contributed by atoms with van der Waals surface area (Å²) >= 11 is 0. The Morgan fingerprint density at radius 1 is 1.39 bits per heavy atom. The summed E-state index contributed by atoms with van der Waals surface area (Å²) in [6.45, 7) is -2.83. The Morgan fingerprint density at radius 2 is 2.17 bits per heavy atom. The maximum absolute atomic E-state index is 12.1. The van der Waals surface area contributed by atoms with Gasteiger partial charge in [-0.2, -0.15) is 8.78 Å². The molecule has 18 heavy (non-hydrogen) atoms. The zero-order chi connectivity index (χ0) is 13.1. The van der Waals surface area contributed by atoms with Crippen molar-refractivity contribution < 1.29 is 23.0 Å². The lowest BCUT2D eigenvalue weighted by Gasteiger charge is -2.23. The number of carbonyl (C=O) groups excluding carboxylic acids is 1. The van der Waals surface area contributed by atoms with Gasteiger partial charge in [-0.15, -0.1) is 0 Å². The Morgan fingerprint density at radius 3 is 2.83 bits per heavy atom. The number of benzene rings is 1. The average Bonchev–Trinajstić information content (AvgIpc) is 2.36. The van der Waals surface area contributed by atoms with Crippen LogP contribution in [0, 0.1) is 5.92 Å². The summed E-state index contributed by atoms with van der Waals surface area (Å²) in [6, 6.07) is 4.89. The molecule has 1 unspecified atom stereocenters. The summed E-state index contributed by atoms with van der Waals surface area (Å²) < 4.78 is 33.3. The standard InChI is InChI=1S/C13H14F2O3/c1-17-12(16)9-3-2-8-4-5-11(18-13(14)15)7-10(8)6-9/h4-5,7,9,13H,2-3,6H2,1H3. The summed E-state index contributed by atoms with van der Waals surface area (Å²) in [4.78, 5) is 11.5. The van der Waals surface area contributed by atoms with Gasteiger partial charge in [-0.3, -0.25) is 4.79 Å². The van der Waals surface area contributed by atoms with E-state index in [2.05, 4.69) is 4.74 Å². The normalized spacial score (nSPS) is 18.3. The third-order valence-electron chi connectivity index (χ3n) is 3.17. The van der Waals surface area contributed by atoms with Gasteiger partial charge in [-0.1, -0.05) is 6.07 Å². The van der Waals surface area contributed by atoms with Gasteiger partial charge in [0.2, 0.25) is 0 Å². The second-order valence-electron chi connectivity index (χ2n) is 4.27. The highest BCUT2D eigenvalue weighted by molar-refractivity contribution is 5.73. The second-order valence-corrected chi connectivity index (χ2v) is 4.27. The van der Waals surface area contributed by atoms with Crippen LogP contribution in [-0.4, -0.2) is 19.7 Å². The van der Waals surface area contributed by atoms with E-state index in [1.54, 1.807) is 12.1 Å². The molecule has 0 bridgehead atoms. The SMILES string of the molecule is COC(=O)C1CCc2ccc(OC(F)F)cc2C1. The molecule has 0 fully saturated rings. The van der Waals surface area contributed by atoms with Crippen LogP contribution in [0.3, 0.4) is 0 Å². The highest BCUT2D eigenvalue weighted by Gasteiger charge is 2.25. The predicted molar refractivity (Wildman–Crippen MR) is 60.6 cm³/mol. The number of esters is 1. The minimum atomic E-state index is -2.83. The van der Waals surface area contributed by atoms with Gasteiger partial charge in [0.1, 0.15) is 5.75 Å². The van der Waals surface area contributed by atoms with Crippen molar-refractivity contribution >= 4 is 5.97 Å². The zero-order valence-electron chi connectivity index (χ0n) is 9.99. The third kappa shape index (κ3) is 2.78. The first kappa shape index (κ1) is 12.8. The first-order chi connectivity index (χ1) is 8.60. The number of rotatable bonds is 3. The van der Waals surface area contributed by atoms with E-state index < -0.39 is 6.61 Å². The van der Waals surface area contributed by atoms with Crippen LogP contribution < -0.4 is 4.74 Å². The fourth-order valence-corrected chi connectivity index (χ4v) is 2.28. The van der Waals surface area contributed by atoms with Crippen molar-refractivity contribution in [3.05, 3.63) is 29.3 Å². The van der Waals surface area contributed by atoms with E-state index in [1.165, 1.54) is 13.2 Å². The largest absolute Gasteiger partial charge is 0.469 e. The van der Waals surface area contributed by atoms with E-state index in [9.17, 15) is 13.6 Å². The smallest absolute Gasteiger partial charge is 0.387 e. The Hall–Kier alpha value is -1.65. The Labute approximate surface area is 104 Å². The first-order valence-corrected chi connectivity index (χ1v) is 5.74. The fourth-order valence-electron chi connectivity index (χ4n) is 2.28. The summed E-state index contributed by atoms with van der Waals surface area (Å²) in [5.74, 6) is -0.306. The maximum Gasteiger partial charge on any atom is 0.387 e. The molecule has 1 aromatic rings. The number of methoxy groups -OCH3 is 1. The van der Waals surface area contributed by atoms with Crippen LogP contribution in [0.2, 0.25) is 0 Å². The summed E-state index contributed by atoms with van der Waals surface area (Å²) in [7, 11) is 1.36. The van der Waals surface area contributed by atoms with Crippen LogP contribution in [0.4, 0.5) is 8.78 Å². The van der Waals surface area contributed by atoms with Crippen molar-refractivity contribution in [3.8, 4) is 5.75 Å². The first-order valence-electron chi connectivity index (χ1n) is 5.74. The highest BCUT2D eigenvalue weighted by atomic mass is 19.3. The van der Waals surface area contributed by atoms with Crippen LogP contribution >= 0.6 is 0 Å². The van der Waals surface area contributed by atoms with Gasteiger partial charge < -0.3 is 9.47 Å². The maximum atomic E-state index is 12.1. The van der Waals surface area contributed by atoms with Crippen molar-refractivity contribution in [3.63, 3.8) is 0 Å². The molecular weight excluding hydrogens is 242 g/mol. The number of hydrogen-bond donors (Lipinski definition) is 0. The Bertz CT molecular complexity index is 446. The molecule has 0 saturated carbocycles. The van der Waals surface area contributed by atoms with E-state index in [1.807, 2.05) is 0 Å². The number of alkyl halides is 2. The van der Waals surface area contributed by atoms with Gasteiger partial charge in [0.05, 0.1) is 13.0 Å². The topological polar surface area (TPSA) is 35.5 Å². The van der Waals surface area contributed by atoms with Crippen molar-refractivity contribution in [1.29, 1.82) is 0 Å². The summed E-state index contributed by atoms with van der Waals surface area (Å²) in [6.07, 6.45) is 2.00. The molecule has 1 aliphatic rings. The molecule has 5 heteroatoms. The van der Waals surface area contributed by atoms with E-state index in [-0.39, 0.29) is 17.6 Å². The minimum Gasteiger partial charge on any atom is -0.469 e. The molecule has 0 saturated heterocycles. The molecule has 2 rings (SSSR count). The van der Waals surface area contributed by atoms with Crippen molar-refractivity contribution in [2.45, 2.75) is 25.9 Å². The van der Waals surface area contributed by atoms with Gasteiger partial charge in [0.15, 0.2) is 0 Å². The lowest BCUT2D eigenvalue weighted by molar-refractivity contribution is -0.145. The van der Waals surface area contributed by atoms with E-state index in [0.717, 1.165) is 24.0 Å². The number of hydrogen-bond acceptors (Lipinski definition) is 3. The molecule has 0 spiro atoms. The minimum absolute atomic E-state index is 0.134. The summed E-state index contributed by atoms with van der Waals surface area (Å²) in [5, 5.41) is 0. The van der Waals surface area contributed by atoms with E-state index in [4.69, 9.17) is 4.74 Å². The van der Waals surface area contributed by atoms with Crippen LogP contribution in [0.5, 0.6) is 5.75 Å². The number of halogens is 2. The molecule has 1 aromatic carbocycles. The third-order valence-corrected chi connectivity index (χ3v) is 3.17. The van der Waals surface area contributed by atoms with Crippen LogP contribution in [0.15, 0.2) is 18.2 Å². The molecular formula is C13H14F2O3. The molecule has 98 valence electrons. The molecule has 3 nitrogen and oxygen atoms in total. The van der Waals surface area contributed by atoms with Gasteiger partial charge in [-0.05, 0) is 42.5 Å². The molecule has 0 radical (unpaired) electrons. The average molecular weight is 256 g/mol. The molecule has 0 aliphatic heterocycles. The molecule has 0 aromatic heterocycles. The quantitative estimate of drug-likeness (QED) is 0.780. The van der Waals surface area contributed by atoms with Crippen LogP contribution in [0.25, 0.3) is 0 Å². The van der Waals surface area contributed by atoms with Gasteiger partial charge in [0, 0.05) is 0 Å². The van der Waals surface area contributed by atoms with E-state index >= 15 is 0 Å². The molecule has 0 amide bonds. The highest BCUT2D eigenvalue weighted by Crippen LogP contribution is 2.29. The zero-order valence-corrected chi connectivity index (χ0v) is 9.99. The summed E-state index contributed by atoms with van der Waals surface area (Å²) in [5.41, 5.74) is 1.96. The van der Waals surface area contributed by atoms with Crippen LogP contribution in [-0.2, 0) is 22.4 Å². The number of fused-ring (bicyclic) bond motifs is 1. The predicted octanol–water partition coefficient (Wildman–Crippen LogP) is 2.57. The van der Waals surface area contributed by atoms with Gasteiger partial charge in [0.25, 0.3) is 0 Å². The van der Waals surface area contributed by atoms with Crippen LogP contribution in [0.1, 0.15) is 17.5 Å². The van der Waals surface area contributed by atoms with Gasteiger partial charge >= 0.3 is 12.6 Å². The lowest BCUT2D eigenvalue weighted by Crippen LogP contribution is -2.23. The monoisotopic (exact) mass is 256 g/mol. The van der Waals surface area contributed by atoms with Crippen molar-refractivity contribution in [2.24, 2.45) is 5.92 Å². The van der Waals surface area contributed by atoms with Crippen molar-refractivity contribution in [2.75, 3.05) is 7.11 Å². The van der Waals surface area contributed by atoms with E-state index in [0.29, 0.717) is 6.42 Å². The molecule has 0 heterocycles. The molecule has 1 atom stereocenters. The molecule has 1 aliphatic carbocycles. The Kier molecular flexibility index (Phi) is 3.79. The second kappa shape index (κ2) is 5.33. The fraction of sp³-hybridized carbons (Fsp3) is 0.462. The molecule has 0 N–H and O–H groups in total.